The number of piperidine rings is 1. The van der Waals surface area contributed by atoms with Crippen molar-refractivity contribution in [3.8, 4) is 0 Å². The summed E-state index contributed by atoms with van der Waals surface area (Å²) in [6, 6.07) is 16.7. The van der Waals surface area contributed by atoms with Crippen LogP contribution < -0.4 is 5.32 Å². The lowest BCUT2D eigenvalue weighted by Crippen LogP contribution is -2.61. The van der Waals surface area contributed by atoms with Gasteiger partial charge in [-0.05, 0) is 49.1 Å². The Balaban J connectivity index is 1.46. The number of likely N-dealkylation sites (tertiary alicyclic amines) is 2. The van der Waals surface area contributed by atoms with E-state index < -0.39 is 5.54 Å². The second-order valence-electron chi connectivity index (χ2n) is 7.62. The predicted octanol–water partition coefficient (Wildman–Crippen LogP) is 3.50. The van der Waals surface area contributed by atoms with Crippen molar-refractivity contribution in [2.24, 2.45) is 0 Å². The minimum atomic E-state index is -0.527. The molecule has 27 heavy (non-hydrogen) atoms. The van der Waals surface area contributed by atoms with E-state index in [9.17, 15) is 9.18 Å². The largest absolute Gasteiger partial charge is 0.371 e. The lowest BCUT2D eigenvalue weighted by molar-refractivity contribution is -0.141. The van der Waals surface area contributed by atoms with Crippen LogP contribution in [0.25, 0.3) is 0 Å². The molecule has 2 heterocycles. The molecule has 4 nitrogen and oxygen atoms in total. The highest BCUT2D eigenvalue weighted by atomic mass is 19.1. The number of carbonyl (C=O) groups excluding carboxylic acids is 1. The Labute approximate surface area is 160 Å². The zero-order valence-electron chi connectivity index (χ0n) is 15.5. The summed E-state index contributed by atoms with van der Waals surface area (Å²) in [5, 5.41) is 3.57. The molecule has 1 N–H and O–H groups in total. The van der Waals surface area contributed by atoms with Crippen molar-refractivity contribution in [2.75, 3.05) is 31.5 Å². The van der Waals surface area contributed by atoms with E-state index in [4.69, 9.17) is 0 Å². The van der Waals surface area contributed by atoms with Gasteiger partial charge in [-0.15, -0.1) is 0 Å². The van der Waals surface area contributed by atoms with E-state index in [1.165, 1.54) is 12.1 Å². The summed E-state index contributed by atoms with van der Waals surface area (Å²) in [5.41, 5.74) is 1.58. The van der Waals surface area contributed by atoms with Crippen molar-refractivity contribution in [3.63, 3.8) is 0 Å². The number of anilines is 1. The van der Waals surface area contributed by atoms with Crippen molar-refractivity contribution >= 4 is 11.6 Å². The molecule has 142 valence electrons. The quantitative estimate of drug-likeness (QED) is 0.879. The third kappa shape index (κ3) is 3.98. The minimum Gasteiger partial charge on any atom is -0.371 e. The van der Waals surface area contributed by atoms with Crippen molar-refractivity contribution in [3.05, 3.63) is 66.0 Å². The Kier molecular flexibility index (Phi) is 5.12. The molecule has 0 unspecified atom stereocenters. The molecule has 0 bridgehead atoms. The molecule has 0 radical (unpaired) electrons. The van der Waals surface area contributed by atoms with Crippen LogP contribution in [0.4, 0.5) is 10.1 Å². The van der Waals surface area contributed by atoms with Crippen LogP contribution in [0.15, 0.2) is 54.6 Å². The minimum absolute atomic E-state index is 0.205. The molecule has 0 aromatic heterocycles. The van der Waals surface area contributed by atoms with E-state index in [2.05, 4.69) is 10.2 Å². The standard InChI is InChI=1S/C22H26FN3O/c23-19-9-7-18(8-10-19)17-25-15-11-22(12-16-25,21(27)26-13-4-14-26)24-20-5-2-1-3-6-20/h1-3,5-10,24H,4,11-17H2. The van der Waals surface area contributed by atoms with Gasteiger partial charge in [-0.2, -0.15) is 0 Å². The topological polar surface area (TPSA) is 35.6 Å². The number of hydrogen-bond acceptors (Lipinski definition) is 3. The van der Waals surface area contributed by atoms with Gasteiger partial charge < -0.3 is 10.2 Å². The number of nitrogens with zero attached hydrogens (tertiary/aromatic N) is 2. The van der Waals surface area contributed by atoms with Crippen molar-refractivity contribution < 1.29 is 9.18 Å². The fourth-order valence-corrected chi connectivity index (χ4v) is 3.95. The second kappa shape index (κ2) is 7.69. The maximum absolute atomic E-state index is 13.2. The van der Waals surface area contributed by atoms with Gasteiger partial charge in [-0.25, -0.2) is 4.39 Å². The average Bonchev–Trinajstić information content (AvgIpc) is 2.65. The average molecular weight is 367 g/mol. The molecule has 2 aromatic carbocycles. The van der Waals surface area contributed by atoms with E-state index in [1.54, 1.807) is 0 Å². The second-order valence-corrected chi connectivity index (χ2v) is 7.62. The fraction of sp³-hybridized carbons (Fsp3) is 0.409. The summed E-state index contributed by atoms with van der Waals surface area (Å²) in [6.45, 7) is 4.22. The number of para-hydroxylation sites is 1. The molecular weight excluding hydrogens is 341 g/mol. The Bertz CT molecular complexity index is 766. The van der Waals surface area contributed by atoms with Crippen LogP contribution in [0.3, 0.4) is 0 Å². The first-order valence-corrected chi connectivity index (χ1v) is 9.74. The SMILES string of the molecule is O=C(N1CCC1)C1(Nc2ccccc2)CCN(Cc2ccc(F)cc2)CC1. The van der Waals surface area contributed by atoms with Crippen LogP contribution in [0.5, 0.6) is 0 Å². The zero-order valence-corrected chi connectivity index (χ0v) is 15.5. The molecule has 2 fully saturated rings. The summed E-state index contributed by atoms with van der Waals surface area (Å²) in [4.78, 5) is 17.5. The molecule has 4 rings (SSSR count). The fourth-order valence-electron chi connectivity index (χ4n) is 3.95. The highest BCUT2D eigenvalue weighted by Crippen LogP contribution is 2.31. The van der Waals surface area contributed by atoms with Gasteiger partial charge in [0.15, 0.2) is 0 Å². The molecule has 0 saturated carbocycles. The monoisotopic (exact) mass is 367 g/mol. The van der Waals surface area contributed by atoms with Crippen LogP contribution in [-0.2, 0) is 11.3 Å². The highest BCUT2D eigenvalue weighted by molar-refractivity contribution is 5.90. The van der Waals surface area contributed by atoms with Gasteiger partial charge in [0.2, 0.25) is 5.91 Å². The Morgan fingerprint density at radius 2 is 1.63 bits per heavy atom. The molecule has 2 saturated heterocycles. The van der Waals surface area contributed by atoms with Gasteiger partial charge >= 0.3 is 0 Å². The first-order valence-electron chi connectivity index (χ1n) is 9.74. The summed E-state index contributed by atoms with van der Waals surface area (Å²) in [6.07, 6.45) is 2.65. The van der Waals surface area contributed by atoms with E-state index >= 15 is 0 Å². The smallest absolute Gasteiger partial charge is 0.248 e. The summed E-state index contributed by atoms with van der Waals surface area (Å²) in [5.74, 6) is 0.0302. The molecule has 2 aliphatic heterocycles. The van der Waals surface area contributed by atoms with Crippen LogP contribution in [0, 0.1) is 5.82 Å². The normalized spacial score (nSPS) is 19.4. The highest BCUT2D eigenvalue weighted by Gasteiger charge is 2.44. The third-order valence-corrected chi connectivity index (χ3v) is 5.74. The van der Waals surface area contributed by atoms with Crippen LogP contribution >= 0.6 is 0 Å². The van der Waals surface area contributed by atoms with Gasteiger partial charge in [0.25, 0.3) is 0 Å². The van der Waals surface area contributed by atoms with Crippen molar-refractivity contribution in [2.45, 2.75) is 31.3 Å². The number of nitrogens with one attached hydrogen (secondary N) is 1. The molecule has 2 aliphatic rings. The number of hydrogen-bond donors (Lipinski definition) is 1. The number of benzene rings is 2. The Morgan fingerprint density at radius 3 is 2.22 bits per heavy atom. The van der Waals surface area contributed by atoms with E-state index in [0.29, 0.717) is 0 Å². The van der Waals surface area contributed by atoms with Crippen LogP contribution in [-0.4, -0.2) is 47.4 Å². The van der Waals surface area contributed by atoms with Crippen LogP contribution in [0.2, 0.25) is 0 Å². The lowest BCUT2D eigenvalue weighted by atomic mass is 9.84. The summed E-state index contributed by atoms with van der Waals surface area (Å²) in [7, 11) is 0. The summed E-state index contributed by atoms with van der Waals surface area (Å²) >= 11 is 0. The van der Waals surface area contributed by atoms with Gasteiger partial charge in [-0.1, -0.05) is 30.3 Å². The molecule has 0 aliphatic carbocycles. The predicted molar refractivity (Wildman–Crippen MR) is 105 cm³/mol. The summed E-state index contributed by atoms with van der Waals surface area (Å²) < 4.78 is 13.1. The third-order valence-electron chi connectivity index (χ3n) is 5.74. The van der Waals surface area contributed by atoms with Crippen molar-refractivity contribution in [1.29, 1.82) is 0 Å². The van der Waals surface area contributed by atoms with E-state index in [-0.39, 0.29) is 11.7 Å². The Morgan fingerprint density at radius 1 is 0.963 bits per heavy atom. The molecule has 2 aromatic rings. The molecular formula is C22H26FN3O. The van der Waals surface area contributed by atoms with Gasteiger partial charge in [0.05, 0.1) is 0 Å². The first-order chi connectivity index (χ1) is 13.1. The number of rotatable bonds is 5. The molecule has 1 amide bonds. The number of halogens is 1. The molecule has 0 spiro atoms. The maximum atomic E-state index is 13.2. The zero-order chi connectivity index (χ0) is 18.7. The van der Waals surface area contributed by atoms with E-state index in [1.807, 2.05) is 47.4 Å². The first kappa shape index (κ1) is 18.0. The lowest BCUT2D eigenvalue weighted by Gasteiger charge is -2.46. The number of amides is 1. The molecule has 0 atom stereocenters. The van der Waals surface area contributed by atoms with Crippen LogP contribution in [0.1, 0.15) is 24.8 Å². The van der Waals surface area contributed by atoms with Gasteiger partial charge in [0.1, 0.15) is 11.4 Å². The number of carbonyl (C=O) groups is 1. The van der Waals surface area contributed by atoms with E-state index in [0.717, 1.165) is 63.2 Å². The maximum Gasteiger partial charge on any atom is 0.248 e. The van der Waals surface area contributed by atoms with Gasteiger partial charge in [-0.3, -0.25) is 9.69 Å². The van der Waals surface area contributed by atoms with Crippen molar-refractivity contribution in [1.82, 2.24) is 9.80 Å². The van der Waals surface area contributed by atoms with Gasteiger partial charge in [0, 0.05) is 38.4 Å². The Hall–Kier alpha value is -2.40. The molecule has 5 heteroatoms.